The molecule has 1 heterocycles. The molecule has 0 unspecified atom stereocenters. The average molecular weight is 445 g/mol. The van der Waals surface area contributed by atoms with Gasteiger partial charge in [-0.25, -0.2) is 13.2 Å². The number of aromatic nitrogens is 1. The van der Waals surface area contributed by atoms with Crippen LogP contribution in [-0.2, 0) is 21.2 Å². The number of anilines is 1. The third kappa shape index (κ3) is 6.04. The van der Waals surface area contributed by atoms with Crippen LogP contribution in [0, 0.1) is 5.92 Å². The lowest BCUT2D eigenvalue weighted by atomic mass is 9.88. The molecule has 3 N–H and O–H groups in total. The van der Waals surface area contributed by atoms with Crippen molar-refractivity contribution in [3.05, 3.63) is 54.4 Å². The summed E-state index contributed by atoms with van der Waals surface area (Å²) in [6.45, 7) is 2.79. The molecule has 0 saturated heterocycles. The zero-order valence-corrected chi connectivity index (χ0v) is 18.3. The maximum atomic E-state index is 13.0. The first kappa shape index (κ1) is 22.7. The van der Waals surface area contributed by atoms with E-state index in [-0.39, 0.29) is 22.8 Å². The predicted molar refractivity (Wildman–Crippen MR) is 118 cm³/mol. The number of carbonyl (C=O) groups is 2. The van der Waals surface area contributed by atoms with Gasteiger partial charge in [0.25, 0.3) is 0 Å². The number of rotatable bonds is 7. The Morgan fingerprint density at radius 1 is 1.03 bits per heavy atom. The van der Waals surface area contributed by atoms with E-state index in [4.69, 9.17) is 0 Å². The van der Waals surface area contributed by atoms with Gasteiger partial charge in [0.2, 0.25) is 5.91 Å². The Hall–Kier alpha value is -2.94. The third-order valence-electron chi connectivity index (χ3n) is 5.45. The van der Waals surface area contributed by atoms with Gasteiger partial charge in [-0.15, -0.1) is 0 Å². The minimum Gasteiger partial charge on any atom is -0.356 e. The highest BCUT2D eigenvalue weighted by molar-refractivity contribution is 7.92. The van der Waals surface area contributed by atoms with E-state index >= 15 is 0 Å². The first-order valence-electron chi connectivity index (χ1n) is 10.5. The van der Waals surface area contributed by atoms with Crippen LogP contribution < -0.4 is 16.0 Å². The molecule has 3 amide bonds. The van der Waals surface area contributed by atoms with Crippen LogP contribution in [0.3, 0.4) is 0 Å². The number of pyridine rings is 1. The predicted octanol–water partition coefficient (Wildman–Crippen LogP) is 2.87. The Morgan fingerprint density at radius 2 is 1.74 bits per heavy atom. The Bertz CT molecular complexity index is 986. The van der Waals surface area contributed by atoms with Gasteiger partial charge in [0.1, 0.15) is 0 Å². The summed E-state index contributed by atoms with van der Waals surface area (Å²) < 4.78 is 26.0. The average Bonchev–Trinajstić information content (AvgIpc) is 2.79. The third-order valence-corrected chi connectivity index (χ3v) is 7.73. The van der Waals surface area contributed by atoms with Crippen molar-refractivity contribution < 1.29 is 18.0 Å². The summed E-state index contributed by atoms with van der Waals surface area (Å²) in [7, 11) is -3.48. The van der Waals surface area contributed by atoms with Crippen molar-refractivity contribution in [2.24, 2.45) is 5.92 Å². The van der Waals surface area contributed by atoms with E-state index in [2.05, 4.69) is 20.9 Å². The van der Waals surface area contributed by atoms with Crippen LogP contribution in [0.5, 0.6) is 0 Å². The summed E-state index contributed by atoms with van der Waals surface area (Å²) in [4.78, 5) is 28.2. The molecule has 1 aromatic carbocycles. The highest BCUT2D eigenvalue weighted by Gasteiger charge is 2.34. The zero-order chi connectivity index (χ0) is 22.3. The van der Waals surface area contributed by atoms with Crippen molar-refractivity contribution in [3.8, 4) is 0 Å². The molecule has 0 radical (unpaired) electrons. The van der Waals surface area contributed by atoms with Crippen LogP contribution in [0.25, 0.3) is 0 Å². The number of urea groups is 1. The Morgan fingerprint density at radius 3 is 2.35 bits per heavy atom. The minimum atomic E-state index is -3.48. The molecule has 1 saturated carbocycles. The van der Waals surface area contributed by atoms with Crippen LogP contribution >= 0.6 is 0 Å². The van der Waals surface area contributed by atoms with Gasteiger partial charge in [0.15, 0.2) is 9.84 Å². The fourth-order valence-electron chi connectivity index (χ4n) is 3.73. The van der Waals surface area contributed by atoms with E-state index in [1.165, 1.54) is 12.1 Å². The van der Waals surface area contributed by atoms with E-state index in [1.807, 2.05) is 13.0 Å². The number of nitrogens with one attached hydrogen (secondary N) is 3. The summed E-state index contributed by atoms with van der Waals surface area (Å²) in [6.07, 6.45) is 5.43. The van der Waals surface area contributed by atoms with Gasteiger partial charge in [0.05, 0.1) is 10.1 Å². The Kier molecular flexibility index (Phi) is 7.62. The van der Waals surface area contributed by atoms with E-state index in [0.29, 0.717) is 44.5 Å². The second-order valence-corrected chi connectivity index (χ2v) is 9.83. The van der Waals surface area contributed by atoms with Gasteiger partial charge >= 0.3 is 6.03 Å². The van der Waals surface area contributed by atoms with E-state index < -0.39 is 15.1 Å². The number of sulfone groups is 1. The SMILES string of the molecule is CCNC(=O)C1CCC(S(=O)(=O)c2ccc(NC(=O)NCc3cccnc3)cc2)CC1. The molecule has 1 fully saturated rings. The van der Waals surface area contributed by atoms with Crippen LogP contribution in [0.2, 0.25) is 0 Å². The number of hydrogen-bond donors (Lipinski definition) is 3. The Labute approximate surface area is 182 Å². The molecule has 9 heteroatoms. The monoisotopic (exact) mass is 444 g/mol. The molecule has 1 aliphatic rings. The van der Waals surface area contributed by atoms with Crippen molar-refractivity contribution in [1.82, 2.24) is 15.6 Å². The van der Waals surface area contributed by atoms with Crippen molar-refractivity contribution in [2.75, 3.05) is 11.9 Å². The quantitative estimate of drug-likeness (QED) is 0.607. The van der Waals surface area contributed by atoms with Gasteiger partial charge in [0, 0.05) is 37.1 Å². The first-order valence-corrected chi connectivity index (χ1v) is 12.0. The van der Waals surface area contributed by atoms with E-state index in [1.54, 1.807) is 30.6 Å². The minimum absolute atomic E-state index is 0.00980. The first-order chi connectivity index (χ1) is 14.9. The summed E-state index contributed by atoms with van der Waals surface area (Å²) in [5.74, 6) is -0.0984. The second kappa shape index (κ2) is 10.4. The molecule has 8 nitrogen and oxygen atoms in total. The maximum absolute atomic E-state index is 13.0. The molecule has 0 bridgehead atoms. The highest BCUT2D eigenvalue weighted by Crippen LogP contribution is 2.32. The van der Waals surface area contributed by atoms with Crippen LogP contribution in [-0.4, -0.2) is 37.1 Å². The van der Waals surface area contributed by atoms with E-state index in [9.17, 15) is 18.0 Å². The highest BCUT2D eigenvalue weighted by atomic mass is 32.2. The number of carbonyl (C=O) groups excluding carboxylic acids is 2. The molecule has 0 aliphatic heterocycles. The molecule has 31 heavy (non-hydrogen) atoms. The molecular weight excluding hydrogens is 416 g/mol. The lowest BCUT2D eigenvalue weighted by molar-refractivity contribution is -0.125. The molecular formula is C22H28N4O4S. The largest absolute Gasteiger partial charge is 0.356 e. The zero-order valence-electron chi connectivity index (χ0n) is 17.5. The Balaban J connectivity index is 1.54. The number of benzene rings is 1. The maximum Gasteiger partial charge on any atom is 0.319 e. The molecule has 3 rings (SSSR count). The lowest BCUT2D eigenvalue weighted by Gasteiger charge is -2.27. The fourth-order valence-corrected chi connectivity index (χ4v) is 5.53. The van der Waals surface area contributed by atoms with Crippen molar-refractivity contribution in [1.29, 1.82) is 0 Å². The fraction of sp³-hybridized carbons (Fsp3) is 0.409. The van der Waals surface area contributed by atoms with Crippen molar-refractivity contribution >= 4 is 27.5 Å². The smallest absolute Gasteiger partial charge is 0.319 e. The summed E-state index contributed by atoms with van der Waals surface area (Å²) in [5.41, 5.74) is 1.38. The second-order valence-electron chi connectivity index (χ2n) is 7.61. The van der Waals surface area contributed by atoms with Gasteiger partial charge < -0.3 is 16.0 Å². The number of amides is 3. The number of nitrogens with zero attached hydrogens (tertiary/aromatic N) is 1. The topological polar surface area (TPSA) is 117 Å². The molecule has 166 valence electrons. The van der Waals surface area contributed by atoms with Crippen LogP contribution in [0.4, 0.5) is 10.5 Å². The van der Waals surface area contributed by atoms with Gasteiger partial charge in [-0.05, 0) is 68.5 Å². The van der Waals surface area contributed by atoms with Crippen molar-refractivity contribution in [2.45, 2.75) is 49.3 Å². The van der Waals surface area contributed by atoms with Crippen LogP contribution in [0.1, 0.15) is 38.2 Å². The standard InChI is InChI=1S/C22H28N4O4S/c1-2-24-21(27)17-5-9-19(10-6-17)31(29,30)20-11-7-18(8-12-20)26-22(28)25-15-16-4-3-13-23-14-16/h3-4,7-8,11-14,17,19H,2,5-6,9-10,15H2,1H3,(H,24,27)(H2,25,26,28). The van der Waals surface area contributed by atoms with Crippen molar-refractivity contribution in [3.63, 3.8) is 0 Å². The molecule has 0 spiro atoms. The van der Waals surface area contributed by atoms with Gasteiger partial charge in [-0.3, -0.25) is 9.78 Å². The van der Waals surface area contributed by atoms with E-state index in [0.717, 1.165) is 5.56 Å². The van der Waals surface area contributed by atoms with Crippen LogP contribution in [0.15, 0.2) is 53.7 Å². The number of hydrogen-bond acceptors (Lipinski definition) is 5. The molecule has 1 aromatic heterocycles. The normalized spacial score (nSPS) is 18.7. The van der Waals surface area contributed by atoms with Gasteiger partial charge in [-0.2, -0.15) is 0 Å². The summed E-state index contributed by atoms with van der Waals surface area (Å²) >= 11 is 0. The summed E-state index contributed by atoms with van der Waals surface area (Å²) in [6, 6.07) is 9.46. The lowest BCUT2D eigenvalue weighted by Crippen LogP contribution is -2.36. The molecule has 1 aliphatic carbocycles. The molecule has 2 aromatic rings. The summed E-state index contributed by atoms with van der Waals surface area (Å²) in [5, 5.41) is 7.74. The molecule has 0 atom stereocenters. The van der Waals surface area contributed by atoms with Gasteiger partial charge in [-0.1, -0.05) is 6.07 Å².